The zero-order chi connectivity index (χ0) is 17.4. The molecule has 0 saturated heterocycles. The maximum atomic E-state index is 12.1. The summed E-state index contributed by atoms with van der Waals surface area (Å²) in [6.45, 7) is 3.98. The summed E-state index contributed by atoms with van der Waals surface area (Å²) in [5.74, 6) is 1.98. The lowest BCUT2D eigenvalue weighted by Crippen LogP contribution is -2.09. The molecule has 8 heteroatoms. The molecular formula is C17H15N5OS2. The van der Waals surface area contributed by atoms with Crippen LogP contribution in [0.1, 0.15) is 17.2 Å². The van der Waals surface area contributed by atoms with Crippen molar-refractivity contribution in [1.82, 2.24) is 24.7 Å². The molecule has 126 valence electrons. The van der Waals surface area contributed by atoms with Gasteiger partial charge in [-0.1, -0.05) is 29.5 Å². The number of hydrogen-bond donors (Lipinski definition) is 1. The molecule has 1 aromatic carbocycles. The van der Waals surface area contributed by atoms with Crippen molar-refractivity contribution in [2.75, 3.05) is 0 Å². The van der Waals surface area contributed by atoms with Gasteiger partial charge in [-0.15, -0.1) is 21.5 Å². The summed E-state index contributed by atoms with van der Waals surface area (Å²) in [4.78, 5) is 19.4. The average molecular weight is 369 g/mol. The molecule has 0 bridgehead atoms. The van der Waals surface area contributed by atoms with Crippen molar-refractivity contribution in [3.63, 3.8) is 0 Å². The lowest BCUT2D eigenvalue weighted by Gasteiger charge is -2.08. The Labute approximate surface area is 152 Å². The number of nitrogens with one attached hydrogen (secondary N) is 1. The molecule has 3 heterocycles. The summed E-state index contributed by atoms with van der Waals surface area (Å²) in [6, 6.07) is 10.1. The third-order valence-corrected chi connectivity index (χ3v) is 5.63. The minimum absolute atomic E-state index is 0.0909. The number of aromatic nitrogens is 5. The molecule has 0 radical (unpaired) electrons. The van der Waals surface area contributed by atoms with Crippen molar-refractivity contribution in [1.29, 1.82) is 0 Å². The number of aryl methyl sites for hydroxylation is 2. The van der Waals surface area contributed by atoms with Gasteiger partial charge in [0.05, 0.1) is 11.3 Å². The predicted molar refractivity (Wildman–Crippen MR) is 101 cm³/mol. The van der Waals surface area contributed by atoms with Crippen LogP contribution in [0.25, 0.3) is 15.9 Å². The number of thiophene rings is 1. The molecule has 25 heavy (non-hydrogen) atoms. The van der Waals surface area contributed by atoms with E-state index in [1.165, 1.54) is 28.7 Å². The van der Waals surface area contributed by atoms with Crippen LogP contribution in [0.5, 0.6) is 0 Å². The van der Waals surface area contributed by atoms with Crippen molar-refractivity contribution in [3.8, 4) is 5.69 Å². The summed E-state index contributed by atoms with van der Waals surface area (Å²) in [6.07, 6.45) is 0. The normalized spacial score (nSPS) is 11.3. The van der Waals surface area contributed by atoms with Gasteiger partial charge in [-0.2, -0.15) is 0 Å². The van der Waals surface area contributed by atoms with E-state index in [0.717, 1.165) is 22.2 Å². The number of rotatable bonds is 4. The molecular weight excluding hydrogens is 354 g/mol. The van der Waals surface area contributed by atoms with Crippen LogP contribution in [0.15, 0.2) is 45.7 Å². The molecule has 6 nitrogen and oxygen atoms in total. The first-order valence-corrected chi connectivity index (χ1v) is 9.56. The van der Waals surface area contributed by atoms with Gasteiger partial charge in [-0.25, -0.2) is 4.98 Å². The fraction of sp³-hybridized carbons (Fsp3) is 0.176. The van der Waals surface area contributed by atoms with E-state index in [1.807, 2.05) is 35.1 Å². The topological polar surface area (TPSA) is 76.5 Å². The Bertz CT molecular complexity index is 1090. The number of aromatic amines is 1. The van der Waals surface area contributed by atoms with E-state index in [-0.39, 0.29) is 5.56 Å². The van der Waals surface area contributed by atoms with Crippen molar-refractivity contribution >= 4 is 33.3 Å². The standard InChI is InChI=1S/C17H15N5OS2/c1-10-3-5-12(6-4-10)22-11(2)20-21-17(22)25-9-14-18-13-7-8-24-15(13)16(23)19-14/h3-8H,9H2,1-2H3,(H,18,19,23). The highest BCUT2D eigenvalue weighted by molar-refractivity contribution is 7.98. The molecule has 0 aliphatic rings. The Morgan fingerprint density at radius 3 is 2.76 bits per heavy atom. The van der Waals surface area contributed by atoms with Gasteiger partial charge < -0.3 is 4.98 Å². The van der Waals surface area contributed by atoms with E-state index in [2.05, 4.69) is 39.2 Å². The molecule has 3 aromatic heterocycles. The van der Waals surface area contributed by atoms with Gasteiger partial charge >= 0.3 is 0 Å². The van der Waals surface area contributed by atoms with Gasteiger partial charge in [-0.3, -0.25) is 9.36 Å². The molecule has 0 aliphatic heterocycles. The highest BCUT2D eigenvalue weighted by Gasteiger charge is 2.13. The van der Waals surface area contributed by atoms with Gasteiger partial charge in [0.15, 0.2) is 5.16 Å². The third kappa shape index (κ3) is 3.10. The number of hydrogen-bond acceptors (Lipinski definition) is 6. The van der Waals surface area contributed by atoms with Crippen molar-refractivity contribution in [2.24, 2.45) is 0 Å². The first-order chi connectivity index (χ1) is 12.1. The highest BCUT2D eigenvalue weighted by Crippen LogP contribution is 2.24. The Kier molecular flexibility index (Phi) is 4.14. The molecule has 0 fully saturated rings. The zero-order valence-electron chi connectivity index (χ0n) is 13.7. The van der Waals surface area contributed by atoms with Gasteiger partial charge in [-0.05, 0) is 37.4 Å². The lowest BCUT2D eigenvalue weighted by molar-refractivity contribution is 0.866. The Hall–Kier alpha value is -2.45. The van der Waals surface area contributed by atoms with E-state index < -0.39 is 0 Å². The fourth-order valence-electron chi connectivity index (χ4n) is 2.55. The zero-order valence-corrected chi connectivity index (χ0v) is 15.3. The van der Waals surface area contributed by atoms with Gasteiger partial charge in [0.1, 0.15) is 16.3 Å². The summed E-state index contributed by atoms with van der Waals surface area (Å²) in [5.41, 5.74) is 2.87. The Morgan fingerprint density at radius 2 is 1.96 bits per heavy atom. The molecule has 0 amide bonds. The molecule has 0 spiro atoms. The predicted octanol–water partition coefficient (Wildman–Crippen LogP) is 3.47. The molecule has 0 saturated carbocycles. The van der Waals surface area contributed by atoms with Crippen LogP contribution < -0.4 is 5.56 Å². The SMILES string of the molecule is Cc1ccc(-n2c(C)nnc2SCc2nc3ccsc3c(=O)[nH]2)cc1. The van der Waals surface area contributed by atoms with Crippen LogP contribution in [0.4, 0.5) is 0 Å². The number of thioether (sulfide) groups is 1. The minimum atomic E-state index is -0.0909. The van der Waals surface area contributed by atoms with Crippen LogP contribution in [-0.4, -0.2) is 24.7 Å². The smallest absolute Gasteiger partial charge is 0.268 e. The molecule has 0 aliphatic carbocycles. The van der Waals surface area contributed by atoms with Crippen LogP contribution in [-0.2, 0) is 5.75 Å². The average Bonchev–Trinajstić information content (AvgIpc) is 3.21. The summed E-state index contributed by atoms with van der Waals surface area (Å²) >= 11 is 2.90. The first-order valence-electron chi connectivity index (χ1n) is 7.70. The quantitative estimate of drug-likeness (QED) is 0.557. The second-order valence-corrected chi connectivity index (χ2v) is 7.50. The van der Waals surface area contributed by atoms with Crippen molar-refractivity contribution < 1.29 is 0 Å². The molecule has 4 rings (SSSR count). The van der Waals surface area contributed by atoms with E-state index in [4.69, 9.17) is 0 Å². The monoisotopic (exact) mass is 369 g/mol. The summed E-state index contributed by atoms with van der Waals surface area (Å²) < 4.78 is 2.66. The van der Waals surface area contributed by atoms with Gasteiger partial charge in [0.25, 0.3) is 5.56 Å². The van der Waals surface area contributed by atoms with Crippen LogP contribution in [0, 0.1) is 13.8 Å². The Balaban J connectivity index is 1.63. The maximum Gasteiger partial charge on any atom is 0.268 e. The largest absolute Gasteiger partial charge is 0.309 e. The molecule has 0 atom stereocenters. The maximum absolute atomic E-state index is 12.1. The van der Waals surface area contributed by atoms with E-state index in [9.17, 15) is 4.79 Å². The van der Waals surface area contributed by atoms with Crippen molar-refractivity contribution in [2.45, 2.75) is 24.8 Å². The number of fused-ring (bicyclic) bond motifs is 1. The lowest BCUT2D eigenvalue weighted by atomic mass is 10.2. The minimum Gasteiger partial charge on any atom is -0.309 e. The van der Waals surface area contributed by atoms with E-state index in [1.54, 1.807) is 0 Å². The van der Waals surface area contributed by atoms with Crippen molar-refractivity contribution in [3.05, 3.63) is 63.3 Å². The summed E-state index contributed by atoms with van der Waals surface area (Å²) in [5, 5.41) is 11.1. The first kappa shape index (κ1) is 16.0. The van der Waals surface area contributed by atoms with Gasteiger partial charge in [0.2, 0.25) is 0 Å². The number of benzene rings is 1. The molecule has 0 unspecified atom stereocenters. The number of H-pyrrole nitrogens is 1. The molecule has 4 aromatic rings. The second-order valence-electron chi connectivity index (χ2n) is 5.64. The second kappa shape index (κ2) is 6.45. The number of nitrogens with zero attached hydrogens (tertiary/aromatic N) is 4. The van der Waals surface area contributed by atoms with Crippen LogP contribution in [0.3, 0.4) is 0 Å². The third-order valence-electron chi connectivity index (χ3n) is 3.79. The van der Waals surface area contributed by atoms with E-state index in [0.29, 0.717) is 16.3 Å². The van der Waals surface area contributed by atoms with Crippen LogP contribution >= 0.6 is 23.1 Å². The Morgan fingerprint density at radius 1 is 1.16 bits per heavy atom. The fourth-order valence-corrected chi connectivity index (χ4v) is 4.14. The highest BCUT2D eigenvalue weighted by atomic mass is 32.2. The molecule has 1 N–H and O–H groups in total. The summed E-state index contributed by atoms with van der Waals surface area (Å²) in [7, 11) is 0. The van der Waals surface area contributed by atoms with Crippen LogP contribution in [0.2, 0.25) is 0 Å². The van der Waals surface area contributed by atoms with Gasteiger partial charge in [0, 0.05) is 5.69 Å². The van der Waals surface area contributed by atoms with E-state index >= 15 is 0 Å².